The van der Waals surface area contributed by atoms with Crippen molar-refractivity contribution in [3.05, 3.63) is 22.7 Å². The smallest absolute Gasteiger partial charge is 0.250 e. The van der Waals surface area contributed by atoms with E-state index >= 15 is 0 Å². The molecule has 1 heterocycles. The summed E-state index contributed by atoms with van der Waals surface area (Å²) in [5.74, 6) is 0.423. The first-order chi connectivity index (χ1) is 9.56. The third-order valence-corrected chi connectivity index (χ3v) is 3.89. The number of hydrogen-bond donors (Lipinski definition) is 1. The van der Waals surface area contributed by atoms with Crippen LogP contribution in [-0.2, 0) is 9.59 Å². The van der Waals surface area contributed by atoms with Gasteiger partial charge in [0.2, 0.25) is 11.8 Å². The van der Waals surface area contributed by atoms with Crippen LogP contribution in [0.25, 0.3) is 0 Å². The largest absolute Gasteiger partial charge is 0.497 e. The standard InChI is InChI=1S/C14H17BrN2O3/c1-3-4-11-14(19)17(8-13(18)16-11)12-7-9(20-2)5-6-10(12)15/h5-7,11H,3-4,8H2,1-2H3,(H,16,18). The topological polar surface area (TPSA) is 58.6 Å². The molecule has 1 N–H and O–H groups in total. The van der Waals surface area contributed by atoms with E-state index in [1.807, 2.05) is 13.0 Å². The quantitative estimate of drug-likeness (QED) is 0.912. The number of nitrogens with zero attached hydrogens (tertiary/aromatic N) is 1. The highest BCUT2D eigenvalue weighted by Gasteiger charge is 2.33. The molecule has 1 aromatic rings. The number of methoxy groups -OCH3 is 1. The maximum atomic E-state index is 12.5. The Labute approximate surface area is 126 Å². The molecule has 1 aromatic carbocycles. The molecule has 108 valence electrons. The fraction of sp³-hybridized carbons (Fsp3) is 0.429. The van der Waals surface area contributed by atoms with Gasteiger partial charge in [0.25, 0.3) is 0 Å². The van der Waals surface area contributed by atoms with Crippen molar-refractivity contribution in [2.45, 2.75) is 25.8 Å². The summed E-state index contributed by atoms with van der Waals surface area (Å²) in [6, 6.07) is 4.91. The Morgan fingerprint density at radius 2 is 2.20 bits per heavy atom. The minimum Gasteiger partial charge on any atom is -0.497 e. The van der Waals surface area contributed by atoms with Crippen molar-refractivity contribution in [1.29, 1.82) is 0 Å². The number of hydrogen-bond acceptors (Lipinski definition) is 3. The van der Waals surface area contributed by atoms with Crippen molar-refractivity contribution < 1.29 is 14.3 Å². The van der Waals surface area contributed by atoms with Crippen LogP contribution in [0.4, 0.5) is 5.69 Å². The SMILES string of the molecule is CCCC1NC(=O)CN(c2cc(OC)ccc2Br)C1=O. The van der Waals surface area contributed by atoms with Gasteiger partial charge >= 0.3 is 0 Å². The zero-order valence-corrected chi connectivity index (χ0v) is 13.1. The van der Waals surface area contributed by atoms with Crippen LogP contribution in [0.1, 0.15) is 19.8 Å². The van der Waals surface area contributed by atoms with Crippen LogP contribution in [0, 0.1) is 0 Å². The van der Waals surface area contributed by atoms with Gasteiger partial charge in [-0.3, -0.25) is 14.5 Å². The number of ether oxygens (including phenoxy) is 1. The fourth-order valence-corrected chi connectivity index (χ4v) is 2.69. The molecular formula is C14H17BrN2O3. The first-order valence-corrected chi connectivity index (χ1v) is 7.30. The molecule has 1 aliphatic rings. The Hall–Kier alpha value is -1.56. The number of rotatable bonds is 4. The van der Waals surface area contributed by atoms with E-state index in [-0.39, 0.29) is 18.4 Å². The molecular weight excluding hydrogens is 324 g/mol. The molecule has 2 amide bonds. The fourth-order valence-electron chi connectivity index (χ4n) is 2.23. The number of halogens is 1. The van der Waals surface area contributed by atoms with E-state index in [2.05, 4.69) is 21.2 Å². The van der Waals surface area contributed by atoms with E-state index in [1.165, 1.54) is 4.90 Å². The molecule has 0 aliphatic carbocycles. The second-order valence-corrected chi connectivity index (χ2v) is 5.50. The van der Waals surface area contributed by atoms with Gasteiger partial charge in [0.1, 0.15) is 18.3 Å². The maximum Gasteiger partial charge on any atom is 0.250 e. The van der Waals surface area contributed by atoms with Crippen LogP contribution in [0.15, 0.2) is 22.7 Å². The first-order valence-electron chi connectivity index (χ1n) is 6.51. The number of amides is 2. The molecule has 0 bridgehead atoms. The lowest BCUT2D eigenvalue weighted by molar-refractivity contribution is -0.131. The third kappa shape index (κ3) is 2.95. The highest BCUT2D eigenvalue weighted by Crippen LogP contribution is 2.31. The summed E-state index contributed by atoms with van der Waals surface area (Å²) in [6.45, 7) is 2.02. The first kappa shape index (κ1) is 14.8. The molecule has 1 fully saturated rings. The van der Waals surface area contributed by atoms with E-state index in [1.54, 1.807) is 19.2 Å². The summed E-state index contributed by atoms with van der Waals surface area (Å²) in [7, 11) is 1.57. The second-order valence-electron chi connectivity index (χ2n) is 4.65. The molecule has 2 rings (SSSR count). The lowest BCUT2D eigenvalue weighted by Gasteiger charge is -2.33. The molecule has 0 radical (unpaired) electrons. The predicted molar refractivity (Wildman–Crippen MR) is 79.9 cm³/mol. The van der Waals surface area contributed by atoms with Crippen molar-refractivity contribution >= 4 is 33.4 Å². The van der Waals surface area contributed by atoms with E-state index in [9.17, 15) is 9.59 Å². The van der Waals surface area contributed by atoms with Gasteiger partial charge in [-0.25, -0.2) is 0 Å². The monoisotopic (exact) mass is 340 g/mol. The molecule has 0 saturated carbocycles. The number of nitrogens with one attached hydrogen (secondary N) is 1. The van der Waals surface area contributed by atoms with Crippen LogP contribution < -0.4 is 15.0 Å². The van der Waals surface area contributed by atoms with Gasteiger partial charge in [-0.1, -0.05) is 13.3 Å². The summed E-state index contributed by atoms with van der Waals surface area (Å²) >= 11 is 3.42. The van der Waals surface area contributed by atoms with Gasteiger partial charge in [0.15, 0.2) is 0 Å². The number of benzene rings is 1. The van der Waals surface area contributed by atoms with Gasteiger partial charge in [-0.15, -0.1) is 0 Å². The summed E-state index contributed by atoms with van der Waals surface area (Å²) in [5.41, 5.74) is 0.658. The van der Waals surface area contributed by atoms with Gasteiger partial charge in [-0.05, 0) is 34.5 Å². The molecule has 1 aliphatic heterocycles. The average molecular weight is 341 g/mol. The summed E-state index contributed by atoms with van der Waals surface area (Å²) in [5, 5.41) is 2.74. The van der Waals surface area contributed by atoms with Gasteiger partial charge in [0, 0.05) is 10.5 Å². The molecule has 0 aromatic heterocycles. The Balaban J connectivity index is 2.34. The van der Waals surface area contributed by atoms with E-state index in [0.717, 1.165) is 10.9 Å². The summed E-state index contributed by atoms with van der Waals surface area (Å²) in [4.78, 5) is 25.8. The normalized spacial score (nSPS) is 18.9. The van der Waals surface area contributed by atoms with Crippen LogP contribution >= 0.6 is 15.9 Å². The number of piperazine rings is 1. The maximum absolute atomic E-state index is 12.5. The average Bonchev–Trinajstić information content (AvgIpc) is 2.43. The van der Waals surface area contributed by atoms with Crippen molar-refractivity contribution in [2.75, 3.05) is 18.6 Å². The molecule has 20 heavy (non-hydrogen) atoms. The Morgan fingerprint density at radius 3 is 2.85 bits per heavy atom. The minimum atomic E-state index is -0.445. The zero-order chi connectivity index (χ0) is 14.7. The number of anilines is 1. The van der Waals surface area contributed by atoms with Crippen LogP contribution in [0.5, 0.6) is 5.75 Å². The van der Waals surface area contributed by atoms with E-state index in [4.69, 9.17) is 4.74 Å². The second kappa shape index (κ2) is 6.26. The highest BCUT2D eigenvalue weighted by molar-refractivity contribution is 9.10. The molecule has 1 saturated heterocycles. The van der Waals surface area contributed by atoms with Crippen LogP contribution in [-0.4, -0.2) is 31.5 Å². The molecule has 1 atom stereocenters. The van der Waals surface area contributed by atoms with E-state index in [0.29, 0.717) is 17.9 Å². The molecule has 1 unspecified atom stereocenters. The van der Waals surface area contributed by atoms with Gasteiger partial charge < -0.3 is 10.1 Å². The van der Waals surface area contributed by atoms with Crippen molar-refractivity contribution in [3.63, 3.8) is 0 Å². The Morgan fingerprint density at radius 1 is 1.45 bits per heavy atom. The van der Waals surface area contributed by atoms with Crippen LogP contribution in [0.2, 0.25) is 0 Å². The Kier molecular flexibility index (Phi) is 4.65. The molecule has 5 nitrogen and oxygen atoms in total. The van der Waals surface area contributed by atoms with Crippen molar-refractivity contribution in [3.8, 4) is 5.75 Å². The zero-order valence-electron chi connectivity index (χ0n) is 11.5. The lowest BCUT2D eigenvalue weighted by Crippen LogP contribution is -2.58. The van der Waals surface area contributed by atoms with Crippen LogP contribution in [0.3, 0.4) is 0 Å². The van der Waals surface area contributed by atoms with Gasteiger partial charge in [0.05, 0.1) is 12.8 Å². The van der Waals surface area contributed by atoms with Crippen molar-refractivity contribution in [2.24, 2.45) is 0 Å². The lowest BCUT2D eigenvalue weighted by atomic mass is 10.1. The van der Waals surface area contributed by atoms with E-state index < -0.39 is 6.04 Å². The number of carbonyl (C=O) groups excluding carboxylic acids is 2. The minimum absolute atomic E-state index is 0.0326. The molecule has 0 spiro atoms. The summed E-state index contributed by atoms with van der Waals surface area (Å²) in [6.07, 6.45) is 1.48. The van der Waals surface area contributed by atoms with Crippen molar-refractivity contribution in [1.82, 2.24) is 5.32 Å². The molecule has 6 heteroatoms. The Bertz CT molecular complexity index is 533. The highest BCUT2D eigenvalue weighted by atomic mass is 79.9. The predicted octanol–water partition coefficient (Wildman–Crippen LogP) is 2.09. The van der Waals surface area contributed by atoms with Gasteiger partial charge in [-0.2, -0.15) is 0 Å². The third-order valence-electron chi connectivity index (χ3n) is 3.22. The summed E-state index contributed by atoms with van der Waals surface area (Å²) < 4.78 is 5.94. The number of carbonyl (C=O) groups is 2.